The molecular weight excluding hydrogens is 195 g/mol. The van der Waals surface area contributed by atoms with Crippen LogP contribution in [-0.2, 0) is 4.74 Å². The molecule has 0 saturated carbocycles. The second kappa shape index (κ2) is 5.75. The van der Waals surface area contributed by atoms with Crippen molar-refractivity contribution < 1.29 is 19.5 Å². The number of benzene rings is 1. The van der Waals surface area contributed by atoms with Crippen LogP contribution in [0.25, 0.3) is 0 Å². The van der Waals surface area contributed by atoms with Crippen LogP contribution in [0.2, 0.25) is 0 Å². The Morgan fingerprint density at radius 1 is 1.27 bits per heavy atom. The van der Waals surface area contributed by atoms with E-state index < -0.39 is 7.12 Å². The van der Waals surface area contributed by atoms with E-state index >= 15 is 0 Å². The standard InChI is InChI=1S/C10H15BO4/c1-8-9(11(12)13)4-3-5-10(8)15-7-6-14-2/h3-5,12-13H,6-7H2,1-2H3. The van der Waals surface area contributed by atoms with Crippen molar-refractivity contribution in [3.8, 4) is 5.75 Å². The van der Waals surface area contributed by atoms with Gasteiger partial charge in [0.15, 0.2) is 0 Å². The molecule has 82 valence electrons. The summed E-state index contributed by atoms with van der Waals surface area (Å²) in [6.45, 7) is 2.74. The zero-order chi connectivity index (χ0) is 11.3. The van der Waals surface area contributed by atoms with Crippen molar-refractivity contribution >= 4 is 12.6 Å². The lowest BCUT2D eigenvalue weighted by atomic mass is 9.77. The number of ether oxygens (including phenoxy) is 2. The molecule has 5 heteroatoms. The van der Waals surface area contributed by atoms with Crippen LogP contribution in [0.15, 0.2) is 18.2 Å². The first-order valence-electron chi connectivity index (χ1n) is 4.74. The van der Waals surface area contributed by atoms with Crippen LogP contribution in [0, 0.1) is 6.92 Å². The minimum Gasteiger partial charge on any atom is -0.491 e. The van der Waals surface area contributed by atoms with Gasteiger partial charge in [0.2, 0.25) is 0 Å². The number of methoxy groups -OCH3 is 1. The van der Waals surface area contributed by atoms with E-state index in [2.05, 4.69) is 0 Å². The summed E-state index contributed by atoms with van der Waals surface area (Å²) in [5.41, 5.74) is 1.20. The Balaban J connectivity index is 2.75. The summed E-state index contributed by atoms with van der Waals surface area (Å²) in [6.07, 6.45) is 0. The van der Waals surface area contributed by atoms with E-state index in [1.807, 2.05) is 0 Å². The minimum atomic E-state index is -1.46. The fourth-order valence-electron chi connectivity index (χ4n) is 1.30. The maximum atomic E-state index is 9.08. The zero-order valence-corrected chi connectivity index (χ0v) is 8.93. The van der Waals surface area contributed by atoms with E-state index in [-0.39, 0.29) is 0 Å². The van der Waals surface area contributed by atoms with Gasteiger partial charge in [0, 0.05) is 7.11 Å². The SMILES string of the molecule is COCCOc1cccc(B(O)O)c1C. The molecule has 0 fully saturated rings. The normalized spacial score (nSPS) is 10.1. The van der Waals surface area contributed by atoms with E-state index in [1.165, 1.54) is 0 Å². The van der Waals surface area contributed by atoms with Gasteiger partial charge in [-0.3, -0.25) is 0 Å². The summed E-state index contributed by atoms with van der Waals surface area (Å²) < 4.78 is 10.3. The highest BCUT2D eigenvalue weighted by molar-refractivity contribution is 6.59. The van der Waals surface area contributed by atoms with E-state index in [0.717, 1.165) is 5.56 Å². The second-order valence-corrected chi connectivity index (χ2v) is 3.19. The number of rotatable bonds is 5. The molecule has 0 aliphatic carbocycles. The number of hydrogen-bond donors (Lipinski definition) is 2. The predicted molar refractivity (Wildman–Crippen MR) is 58.4 cm³/mol. The first kappa shape index (κ1) is 12.0. The Morgan fingerprint density at radius 3 is 2.60 bits per heavy atom. The van der Waals surface area contributed by atoms with Crippen molar-refractivity contribution in [2.75, 3.05) is 20.3 Å². The Bertz CT molecular complexity index is 314. The van der Waals surface area contributed by atoms with Gasteiger partial charge < -0.3 is 19.5 Å². The largest absolute Gasteiger partial charge is 0.491 e. The van der Waals surface area contributed by atoms with E-state index in [1.54, 1.807) is 32.2 Å². The Labute approximate surface area is 89.6 Å². The molecule has 0 spiro atoms. The van der Waals surface area contributed by atoms with Gasteiger partial charge in [0.25, 0.3) is 0 Å². The summed E-state index contributed by atoms with van der Waals surface area (Å²) in [4.78, 5) is 0. The molecule has 0 bridgehead atoms. The summed E-state index contributed by atoms with van der Waals surface area (Å²) in [5.74, 6) is 0.651. The molecule has 1 rings (SSSR count). The van der Waals surface area contributed by atoms with Crippen LogP contribution in [0.3, 0.4) is 0 Å². The van der Waals surface area contributed by atoms with Crippen molar-refractivity contribution in [1.29, 1.82) is 0 Å². The minimum absolute atomic E-state index is 0.447. The van der Waals surface area contributed by atoms with Crippen molar-refractivity contribution in [2.24, 2.45) is 0 Å². The first-order valence-corrected chi connectivity index (χ1v) is 4.74. The van der Waals surface area contributed by atoms with Crippen LogP contribution < -0.4 is 10.2 Å². The molecule has 0 radical (unpaired) electrons. The van der Waals surface area contributed by atoms with Gasteiger partial charge in [-0.15, -0.1) is 0 Å². The quantitative estimate of drug-likeness (QED) is 0.517. The fourth-order valence-corrected chi connectivity index (χ4v) is 1.30. The van der Waals surface area contributed by atoms with Gasteiger partial charge in [-0.25, -0.2) is 0 Å². The highest BCUT2D eigenvalue weighted by atomic mass is 16.5. The molecule has 1 aromatic rings. The zero-order valence-electron chi connectivity index (χ0n) is 8.93. The van der Waals surface area contributed by atoms with Crippen LogP contribution in [-0.4, -0.2) is 37.5 Å². The molecule has 1 aromatic carbocycles. The van der Waals surface area contributed by atoms with Crippen molar-refractivity contribution in [2.45, 2.75) is 6.92 Å². The van der Waals surface area contributed by atoms with E-state index in [0.29, 0.717) is 24.4 Å². The maximum absolute atomic E-state index is 9.08. The molecule has 2 N–H and O–H groups in total. The fraction of sp³-hybridized carbons (Fsp3) is 0.400. The highest BCUT2D eigenvalue weighted by Gasteiger charge is 2.15. The predicted octanol–water partition coefficient (Wildman–Crippen LogP) is -0.300. The average molecular weight is 210 g/mol. The first-order chi connectivity index (χ1) is 7.16. The van der Waals surface area contributed by atoms with Gasteiger partial charge in [-0.1, -0.05) is 12.1 Å². The third-order valence-corrected chi connectivity index (χ3v) is 2.15. The van der Waals surface area contributed by atoms with Gasteiger partial charge in [-0.2, -0.15) is 0 Å². The molecular formula is C10H15BO4. The molecule has 4 nitrogen and oxygen atoms in total. The molecule has 0 atom stereocenters. The molecule has 0 saturated heterocycles. The Hall–Kier alpha value is -1.04. The molecule has 0 amide bonds. The molecule has 0 heterocycles. The summed E-state index contributed by atoms with van der Waals surface area (Å²) in [5, 5.41) is 18.2. The molecule has 0 aliphatic heterocycles. The van der Waals surface area contributed by atoms with Gasteiger partial charge in [0.1, 0.15) is 12.4 Å². The van der Waals surface area contributed by atoms with E-state index in [4.69, 9.17) is 19.5 Å². The monoisotopic (exact) mass is 210 g/mol. The summed E-state index contributed by atoms with van der Waals surface area (Å²) in [6, 6.07) is 5.17. The molecule has 0 aliphatic rings. The molecule has 15 heavy (non-hydrogen) atoms. The third kappa shape index (κ3) is 3.23. The molecule has 0 aromatic heterocycles. The van der Waals surface area contributed by atoms with Crippen LogP contribution in [0.4, 0.5) is 0 Å². The van der Waals surface area contributed by atoms with Gasteiger partial charge in [-0.05, 0) is 24.0 Å². The van der Waals surface area contributed by atoms with Crippen molar-refractivity contribution in [3.63, 3.8) is 0 Å². The Kier molecular flexibility index (Phi) is 4.61. The Morgan fingerprint density at radius 2 is 2.00 bits per heavy atom. The lowest BCUT2D eigenvalue weighted by molar-refractivity contribution is 0.146. The van der Waals surface area contributed by atoms with E-state index in [9.17, 15) is 0 Å². The topological polar surface area (TPSA) is 58.9 Å². The van der Waals surface area contributed by atoms with Crippen molar-refractivity contribution in [1.82, 2.24) is 0 Å². The highest BCUT2D eigenvalue weighted by Crippen LogP contribution is 2.14. The second-order valence-electron chi connectivity index (χ2n) is 3.19. The van der Waals surface area contributed by atoms with Gasteiger partial charge in [0.05, 0.1) is 6.61 Å². The summed E-state index contributed by atoms with van der Waals surface area (Å²) >= 11 is 0. The molecule has 0 unspecified atom stereocenters. The lowest BCUT2D eigenvalue weighted by Crippen LogP contribution is -2.32. The lowest BCUT2D eigenvalue weighted by Gasteiger charge is -2.11. The van der Waals surface area contributed by atoms with Crippen LogP contribution >= 0.6 is 0 Å². The van der Waals surface area contributed by atoms with Crippen molar-refractivity contribution in [3.05, 3.63) is 23.8 Å². The smallest absolute Gasteiger partial charge is 0.488 e. The third-order valence-electron chi connectivity index (χ3n) is 2.15. The average Bonchev–Trinajstić information content (AvgIpc) is 2.20. The summed E-state index contributed by atoms with van der Waals surface area (Å²) in [7, 11) is 0.139. The number of hydrogen-bond acceptors (Lipinski definition) is 4. The maximum Gasteiger partial charge on any atom is 0.488 e. The van der Waals surface area contributed by atoms with Gasteiger partial charge >= 0.3 is 7.12 Å². The van der Waals surface area contributed by atoms with Crippen LogP contribution in [0.5, 0.6) is 5.75 Å². The van der Waals surface area contributed by atoms with Crippen LogP contribution in [0.1, 0.15) is 5.56 Å².